The van der Waals surface area contributed by atoms with Crippen LogP contribution in [0.5, 0.6) is 5.75 Å². The van der Waals surface area contributed by atoms with Gasteiger partial charge >= 0.3 is 6.18 Å². The van der Waals surface area contributed by atoms with E-state index in [9.17, 15) is 18.0 Å². The van der Waals surface area contributed by atoms with E-state index in [-0.39, 0.29) is 36.4 Å². The van der Waals surface area contributed by atoms with Crippen molar-refractivity contribution < 1.29 is 27.7 Å². The molecule has 2 rings (SSSR count). The summed E-state index contributed by atoms with van der Waals surface area (Å²) in [6.45, 7) is 0.240. The standard InChI is InChI=1S/C17H14ClF3N4O2/c18-14-7-12(17(19,20)21)9-25-16(14)24-6-5-23-15(26)10-27-13-3-1-11(8-22)2-4-13/h1-4,7,9H,5-6,10H2,(H,23,26)(H,24,25)/p+1. The number of halogens is 4. The average Bonchev–Trinajstić information content (AvgIpc) is 2.64. The summed E-state index contributed by atoms with van der Waals surface area (Å²) in [6.07, 6.45) is -3.68. The van der Waals surface area contributed by atoms with Crippen LogP contribution in [0.15, 0.2) is 36.5 Å². The van der Waals surface area contributed by atoms with E-state index in [1.54, 1.807) is 24.3 Å². The van der Waals surface area contributed by atoms with Crippen molar-refractivity contribution >= 4 is 23.3 Å². The number of anilines is 1. The Morgan fingerprint density at radius 1 is 1.26 bits per heavy atom. The Kier molecular flexibility index (Phi) is 6.85. The molecule has 0 bridgehead atoms. The Bertz CT molecular complexity index is 836. The van der Waals surface area contributed by atoms with Crippen molar-refractivity contribution in [3.05, 3.63) is 52.7 Å². The van der Waals surface area contributed by atoms with E-state index in [0.29, 0.717) is 11.3 Å². The van der Waals surface area contributed by atoms with Crippen molar-refractivity contribution in [3.63, 3.8) is 0 Å². The summed E-state index contributed by atoms with van der Waals surface area (Å²) in [6, 6.07) is 9.08. The number of pyridine rings is 1. The molecule has 0 fully saturated rings. The van der Waals surface area contributed by atoms with Gasteiger partial charge in [-0.05, 0) is 30.3 Å². The normalized spacial score (nSPS) is 10.8. The number of carbonyl (C=O) groups excluding carboxylic acids is 1. The highest BCUT2D eigenvalue weighted by atomic mass is 35.5. The molecule has 0 aliphatic rings. The van der Waals surface area contributed by atoms with Crippen LogP contribution >= 0.6 is 11.6 Å². The second-order valence-electron chi connectivity index (χ2n) is 5.31. The molecule has 0 atom stereocenters. The topological polar surface area (TPSA) is 88.3 Å². The van der Waals surface area contributed by atoms with Gasteiger partial charge in [0.15, 0.2) is 6.61 Å². The van der Waals surface area contributed by atoms with Crippen molar-refractivity contribution in [2.24, 2.45) is 0 Å². The number of nitrogens with zero attached hydrogens (tertiary/aromatic N) is 1. The third-order valence-electron chi connectivity index (χ3n) is 3.32. The molecule has 6 nitrogen and oxygen atoms in total. The highest BCUT2D eigenvalue weighted by Gasteiger charge is 2.32. The molecule has 0 spiro atoms. The highest BCUT2D eigenvalue weighted by molar-refractivity contribution is 6.32. The van der Waals surface area contributed by atoms with Gasteiger partial charge in [0.1, 0.15) is 23.5 Å². The van der Waals surface area contributed by atoms with Gasteiger partial charge in [-0.25, -0.2) is 4.98 Å². The molecule has 1 amide bonds. The van der Waals surface area contributed by atoms with Crippen molar-refractivity contribution in [2.75, 3.05) is 25.0 Å². The second kappa shape index (κ2) is 9.09. The van der Waals surface area contributed by atoms with Crippen LogP contribution in [0.1, 0.15) is 11.1 Å². The Labute approximate surface area is 157 Å². The van der Waals surface area contributed by atoms with Gasteiger partial charge < -0.3 is 10.1 Å². The predicted molar refractivity (Wildman–Crippen MR) is 91.2 cm³/mol. The van der Waals surface area contributed by atoms with Crippen molar-refractivity contribution in [3.8, 4) is 11.8 Å². The molecule has 0 unspecified atom stereocenters. The van der Waals surface area contributed by atoms with Crippen molar-refractivity contribution in [2.45, 2.75) is 6.18 Å². The van der Waals surface area contributed by atoms with Crippen LogP contribution in [0.25, 0.3) is 0 Å². The first-order valence-corrected chi connectivity index (χ1v) is 8.09. The van der Waals surface area contributed by atoms with E-state index >= 15 is 0 Å². The Balaban J connectivity index is 1.71. The zero-order valence-electron chi connectivity index (χ0n) is 13.9. The molecule has 0 saturated heterocycles. The Morgan fingerprint density at radius 2 is 1.96 bits per heavy atom. The van der Waals surface area contributed by atoms with Crippen molar-refractivity contribution in [1.29, 1.82) is 5.26 Å². The van der Waals surface area contributed by atoms with E-state index in [1.165, 1.54) is 0 Å². The number of rotatable bonds is 7. The molecule has 142 valence electrons. The van der Waals surface area contributed by atoms with Crippen LogP contribution in [0.2, 0.25) is 5.02 Å². The van der Waals surface area contributed by atoms with Gasteiger partial charge in [-0.2, -0.15) is 18.4 Å². The smallest absolute Gasteiger partial charge is 0.419 e. The summed E-state index contributed by atoms with van der Waals surface area (Å²) >= 11 is 5.79. The first-order chi connectivity index (χ1) is 12.8. The molecular formula is C17H15ClF3N4O2+. The molecule has 2 aromatic rings. The van der Waals surface area contributed by atoms with Crippen LogP contribution in [0.3, 0.4) is 0 Å². The first kappa shape index (κ1) is 20.3. The Hall–Kier alpha value is -2.99. The summed E-state index contributed by atoms with van der Waals surface area (Å²) in [5.74, 6) is 0.296. The number of hydrogen-bond donors (Lipinski definition) is 2. The predicted octanol–water partition coefficient (Wildman–Crippen LogP) is 2.65. The number of H-pyrrole nitrogens is 1. The summed E-state index contributed by atoms with van der Waals surface area (Å²) in [5, 5.41) is 14.0. The quantitative estimate of drug-likeness (QED) is 0.701. The number of amides is 1. The molecule has 0 aliphatic carbocycles. The zero-order valence-corrected chi connectivity index (χ0v) is 14.6. The number of ether oxygens (including phenoxy) is 1. The van der Waals surface area contributed by atoms with Gasteiger partial charge in [0.25, 0.3) is 11.7 Å². The first-order valence-electron chi connectivity index (χ1n) is 7.71. The second-order valence-corrected chi connectivity index (χ2v) is 5.72. The minimum Gasteiger partial charge on any atom is -0.484 e. The largest absolute Gasteiger partial charge is 0.484 e. The summed E-state index contributed by atoms with van der Waals surface area (Å²) in [7, 11) is 0. The number of nitrogens with one attached hydrogen (secondary N) is 3. The third kappa shape index (κ3) is 6.34. The van der Waals surface area contributed by atoms with E-state index in [0.717, 1.165) is 12.3 Å². The lowest BCUT2D eigenvalue weighted by atomic mass is 10.2. The lowest BCUT2D eigenvalue weighted by molar-refractivity contribution is -0.364. The van der Waals surface area contributed by atoms with Crippen LogP contribution in [0, 0.1) is 11.3 Å². The number of benzene rings is 1. The fraction of sp³-hybridized carbons (Fsp3) is 0.235. The molecule has 1 aromatic carbocycles. The maximum atomic E-state index is 12.6. The van der Waals surface area contributed by atoms with Crippen LogP contribution < -0.4 is 20.4 Å². The Morgan fingerprint density at radius 3 is 2.56 bits per heavy atom. The van der Waals surface area contributed by atoms with E-state index in [2.05, 4.69) is 15.6 Å². The zero-order chi connectivity index (χ0) is 19.9. The molecular weight excluding hydrogens is 385 g/mol. The maximum absolute atomic E-state index is 12.6. The van der Waals surface area contributed by atoms with Crippen molar-refractivity contribution in [1.82, 2.24) is 5.32 Å². The molecule has 27 heavy (non-hydrogen) atoms. The fourth-order valence-electron chi connectivity index (χ4n) is 1.98. The number of carbonyl (C=O) groups is 1. The van der Waals surface area contributed by atoms with Crippen LogP contribution in [-0.2, 0) is 11.0 Å². The lowest BCUT2D eigenvalue weighted by Gasteiger charge is -2.08. The molecule has 0 aliphatic heterocycles. The number of aromatic nitrogens is 1. The summed E-state index contributed by atoms with van der Waals surface area (Å²) in [5.41, 5.74) is -0.400. The molecule has 0 radical (unpaired) electrons. The number of alkyl halides is 3. The van der Waals surface area contributed by atoms with E-state index in [1.807, 2.05) is 6.07 Å². The minimum atomic E-state index is -4.48. The number of aromatic amines is 1. The highest BCUT2D eigenvalue weighted by Crippen LogP contribution is 2.30. The lowest BCUT2D eigenvalue weighted by Crippen LogP contribution is -2.33. The van der Waals surface area contributed by atoms with E-state index in [4.69, 9.17) is 21.6 Å². The molecule has 0 saturated carbocycles. The van der Waals surface area contributed by atoms with Gasteiger partial charge in [-0.15, -0.1) is 0 Å². The number of hydrogen-bond acceptors (Lipinski definition) is 4. The number of nitriles is 1. The van der Waals surface area contributed by atoms with E-state index < -0.39 is 11.7 Å². The minimum absolute atomic E-state index is 0.111. The molecule has 3 N–H and O–H groups in total. The van der Waals surface area contributed by atoms with Gasteiger partial charge in [0, 0.05) is 0 Å². The van der Waals surface area contributed by atoms with Crippen LogP contribution in [-0.4, -0.2) is 25.6 Å². The molecule has 1 aromatic heterocycles. The molecule has 1 heterocycles. The van der Waals surface area contributed by atoms with Gasteiger partial charge in [-0.1, -0.05) is 11.6 Å². The monoisotopic (exact) mass is 399 g/mol. The molecule has 10 heteroatoms. The summed E-state index contributed by atoms with van der Waals surface area (Å²) in [4.78, 5) is 14.1. The van der Waals surface area contributed by atoms with Gasteiger partial charge in [0.05, 0.1) is 23.7 Å². The average molecular weight is 400 g/mol. The van der Waals surface area contributed by atoms with Crippen LogP contribution in [0.4, 0.5) is 19.0 Å². The summed E-state index contributed by atoms with van der Waals surface area (Å²) < 4.78 is 42.9. The van der Waals surface area contributed by atoms with Gasteiger partial charge in [0.2, 0.25) is 0 Å². The third-order valence-corrected chi connectivity index (χ3v) is 3.62. The SMILES string of the molecule is N#Cc1ccc(OCC(=O)NCCNc2[nH+]cc(C(F)(F)F)cc2Cl)cc1. The fourth-order valence-corrected chi connectivity index (χ4v) is 2.22. The maximum Gasteiger partial charge on any atom is 0.419 e. The van der Waals surface area contributed by atoms with Gasteiger partial charge in [-0.3, -0.25) is 10.1 Å².